The number of carbonyl (C=O) groups is 1. The van der Waals surface area contributed by atoms with E-state index in [4.69, 9.17) is 25.8 Å². The molecule has 0 unspecified atom stereocenters. The minimum absolute atomic E-state index is 0.0836. The summed E-state index contributed by atoms with van der Waals surface area (Å²) in [6.45, 7) is 6.43. The predicted octanol–water partition coefficient (Wildman–Crippen LogP) is 5.89. The van der Waals surface area contributed by atoms with Crippen LogP contribution in [0.3, 0.4) is 0 Å². The van der Waals surface area contributed by atoms with Crippen molar-refractivity contribution in [2.75, 3.05) is 51.5 Å². The summed E-state index contributed by atoms with van der Waals surface area (Å²) < 4.78 is 48.4. The van der Waals surface area contributed by atoms with Crippen LogP contribution in [0.4, 0.5) is 5.69 Å². The summed E-state index contributed by atoms with van der Waals surface area (Å²) >= 11 is 6.45. The molecule has 11 heteroatoms. The molecule has 48 heavy (non-hydrogen) atoms. The van der Waals surface area contributed by atoms with Crippen molar-refractivity contribution in [3.05, 3.63) is 58.1 Å². The van der Waals surface area contributed by atoms with Gasteiger partial charge in [0.2, 0.25) is 10.0 Å². The summed E-state index contributed by atoms with van der Waals surface area (Å²) in [6.07, 6.45) is 7.11. The fraction of sp³-hybridized carbons (Fsp3) is 0.649. The molecule has 4 aliphatic rings. The summed E-state index contributed by atoms with van der Waals surface area (Å²) in [5.74, 6) is 0.195. The van der Waals surface area contributed by atoms with Crippen LogP contribution in [0.15, 0.2) is 36.4 Å². The zero-order valence-electron chi connectivity index (χ0n) is 28.5. The van der Waals surface area contributed by atoms with Gasteiger partial charge in [-0.15, -0.1) is 0 Å². The van der Waals surface area contributed by atoms with Gasteiger partial charge in [-0.05, 0) is 118 Å². The Hall–Kier alpha value is -2.37. The van der Waals surface area contributed by atoms with Crippen LogP contribution >= 0.6 is 11.6 Å². The molecule has 0 saturated heterocycles. The van der Waals surface area contributed by atoms with Crippen LogP contribution in [0.1, 0.15) is 86.7 Å². The highest BCUT2D eigenvalue weighted by Gasteiger charge is 2.50. The quantitative estimate of drug-likeness (QED) is 0.383. The maximum Gasteiger partial charge on any atom is 0.264 e. The van der Waals surface area contributed by atoms with E-state index in [1.807, 2.05) is 19.9 Å². The van der Waals surface area contributed by atoms with Crippen LogP contribution in [-0.2, 0) is 31.3 Å². The van der Waals surface area contributed by atoms with E-state index in [1.165, 1.54) is 11.1 Å². The first-order chi connectivity index (χ1) is 23.0. The molecule has 2 aliphatic heterocycles. The number of aliphatic hydroxyl groups is 1. The number of rotatable bonds is 6. The standard InChI is InChI=1S/C37H51ClN2O7S/c1-4-47-37(23-41)17-5-7-25(2)34(15-18-45-3)48(43,44)39-35(42)27-10-14-33-32(20-27)40(21-28-9-12-31(28)37)22-36(24-46-33)16-6-8-26-19-29(38)11-13-30(26)36/h10-11,13-14,19-20,25,28,31,34,41H,4-9,12,15-18,21-24H2,1-3H3,(H,39,42)/t25-,28-,31+,34+,36-,37-/m0/s1. The van der Waals surface area contributed by atoms with Gasteiger partial charge >= 0.3 is 0 Å². The monoisotopic (exact) mass is 702 g/mol. The van der Waals surface area contributed by atoms with Crippen LogP contribution in [0, 0.1) is 17.8 Å². The first-order valence-corrected chi connectivity index (χ1v) is 19.6. The van der Waals surface area contributed by atoms with Crippen LogP contribution in [0.2, 0.25) is 5.02 Å². The molecule has 0 aromatic heterocycles. The zero-order valence-corrected chi connectivity index (χ0v) is 30.1. The van der Waals surface area contributed by atoms with Crippen molar-refractivity contribution in [2.24, 2.45) is 17.8 Å². The number of halogens is 1. The first kappa shape index (κ1) is 35.5. The van der Waals surface area contributed by atoms with E-state index in [0.717, 1.165) is 42.8 Å². The minimum atomic E-state index is -4.04. The Morgan fingerprint density at radius 3 is 2.69 bits per heavy atom. The molecule has 2 aromatic rings. The normalized spacial score (nSPS) is 31.9. The third-order valence-electron chi connectivity index (χ3n) is 11.7. The maximum atomic E-state index is 13.8. The summed E-state index contributed by atoms with van der Waals surface area (Å²) in [7, 11) is -2.49. The van der Waals surface area contributed by atoms with Gasteiger partial charge in [0.05, 0.1) is 29.8 Å². The number of hydrogen-bond acceptors (Lipinski definition) is 8. The molecular weight excluding hydrogens is 652 g/mol. The Balaban J connectivity index is 1.44. The second kappa shape index (κ2) is 14.5. The number of benzene rings is 2. The molecule has 1 fully saturated rings. The van der Waals surface area contributed by atoms with Gasteiger partial charge in [0, 0.05) is 49.4 Å². The molecule has 6 rings (SSSR count). The minimum Gasteiger partial charge on any atom is -0.490 e. The SMILES string of the molecule is CCO[C@]1(CO)CCC[C@H](C)[C@@H](CCOC)S(=O)(=O)NC(=O)c2ccc3c(c2)N(C[C@@H]2CC[C@H]21)C[C@@]1(CCCc2cc(Cl)ccc21)CO3. The molecule has 1 amide bonds. The summed E-state index contributed by atoms with van der Waals surface area (Å²) in [5.41, 5.74) is 2.56. The third kappa shape index (κ3) is 6.84. The number of aliphatic hydroxyl groups excluding tert-OH is 1. The number of ether oxygens (including phenoxy) is 3. The number of nitrogens with zero attached hydrogens (tertiary/aromatic N) is 1. The Kier molecular flexibility index (Phi) is 10.7. The second-order valence-electron chi connectivity index (χ2n) is 14.6. The van der Waals surface area contributed by atoms with Crippen LogP contribution in [0.25, 0.3) is 0 Å². The molecule has 264 valence electrons. The van der Waals surface area contributed by atoms with Crippen molar-refractivity contribution >= 4 is 33.2 Å². The predicted molar refractivity (Wildman–Crippen MR) is 188 cm³/mol. The maximum absolute atomic E-state index is 13.8. The number of carbonyl (C=O) groups excluding carboxylic acids is 1. The molecule has 0 radical (unpaired) electrons. The van der Waals surface area contributed by atoms with Gasteiger partial charge in [-0.25, -0.2) is 13.1 Å². The average Bonchev–Trinajstić information content (AvgIpc) is 3.19. The Morgan fingerprint density at radius 2 is 1.96 bits per heavy atom. The van der Waals surface area contributed by atoms with Crippen molar-refractivity contribution in [2.45, 2.75) is 87.9 Å². The number of nitrogens with one attached hydrogen (secondary N) is 1. The Bertz CT molecular complexity index is 1590. The topological polar surface area (TPSA) is 114 Å². The Labute approximate surface area is 290 Å². The Morgan fingerprint density at radius 1 is 1.12 bits per heavy atom. The summed E-state index contributed by atoms with van der Waals surface area (Å²) in [5, 5.41) is 10.9. The zero-order chi connectivity index (χ0) is 34.1. The largest absolute Gasteiger partial charge is 0.490 e. The van der Waals surface area contributed by atoms with E-state index in [9.17, 15) is 18.3 Å². The molecule has 2 bridgehead atoms. The van der Waals surface area contributed by atoms with Crippen LogP contribution < -0.4 is 14.4 Å². The van der Waals surface area contributed by atoms with Crippen molar-refractivity contribution < 1.29 is 32.5 Å². The van der Waals surface area contributed by atoms with E-state index in [-0.39, 0.29) is 48.4 Å². The van der Waals surface area contributed by atoms with Gasteiger partial charge in [-0.3, -0.25) is 4.79 Å². The molecule has 1 spiro atoms. The van der Waals surface area contributed by atoms with E-state index in [2.05, 4.69) is 21.8 Å². The van der Waals surface area contributed by atoms with Crippen molar-refractivity contribution in [3.8, 4) is 5.75 Å². The van der Waals surface area contributed by atoms with Gasteiger partial charge < -0.3 is 24.2 Å². The molecule has 2 N–H and O–H groups in total. The molecule has 2 heterocycles. The van der Waals surface area contributed by atoms with E-state index in [0.29, 0.717) is 51.3 Å². The number of fused-ring (bicyclic) bond motifs is 4. The van der Waals surface area contributed by atoms with Crippen molar-refractivity contribution in [1.82, 2.24) is 4.72 Å². The third-order valence-corrected chi connectivity index (χ3v) is 13.9. The molecular formula is C37H51ClN2O7S. The number of anilines is 1. The summed E-state index contributed by atoms with van der Waals surface area (Å²) in [4.78, 5) is 16.1. The van der Waals surface area contributed by atoms with E-state index in [1.54, 1.807) is 25.3 Å². The van der Waals surface area contributed by atoms with E-state index >= 15 is 0 Å². The van der Waals surface area contributed by atoms with Crippen LogP contribution in [-0.4, -0.2) is 76.9 Å². The van der Waals surface area contributed by atoms with Crippen LogP contribution in [0.5, 0.6) is 5.75 Å². The van der Waals surface area contributed by atoms with E-state index < -0.39 is 26.8 Å². The lowest BCUT2D eigenvalue weighted by Gasteiger charge is -2.51. The lowest BCUT2D eigenvalue weighted by atomic mass is 9.63. The van der Waals surface area contributed by atoms with Gasteiger partial charge in [0.25, 0.3) is 5.91 Å². The smallest absolute Gasteiger partial charge is 0.264 e. The van der Waals surface area contributed by atoms with Crippen molar-refractivity contribution in [3.63, 3.8) is 0 Å². The molecule has 6 atom stereocenters. The number of methoxy groups -OCH3 is 1. The lowest BCUT2D eigenvalue weighted by Crippen LogP contribution is -2.55. The highest BCUT2D eigenvalue weighted by Crippen LogP contribution is 2.50. The lowest BCUT2D eigenvalue weighted by molar-refractivity contribution is -0.156. The fourth-order valence-corrected chi connectivity index (χ4v) is 10.9. The first-order valence-electron chi connectivity index (χ1n) is 17.6. The molecule has 1 saturated carbocycles. The van der Waals surface area contributed by atoms with Crippen molar-refractivity contribution in [1.29, 1.82) is 0 Å². The number of hydrogen-bond donors (Lipinski definition) is 2. The van der Waals surface area contributed by atoms with Gasteiger partial charge in [0.15, 0.2) is 0 Å². The van der Waals surface area contributed by atoms with Gasteiger partial charge in [-0.1, -0.05) is 31.0 Å². The highest BCUT2D eigenvalue weighted by molar-refractivity contribution is 7.90. The number of amides is 1. The molecule has 9 nitrogen and oxygen atoms in total. The number of sulfonamides is 1. The molecule has 2 aliphatic carbocycles. The van der Waals surface area contributed by atoms with Gasteiger partial charge in [-0.2, -0.15) is 0 Å². The van der Waals surface area contributed by atoms with Gasteiger partial charge in [0.1, 0.15) is 5.75 Å². The fourth-order valence-electron chi connectivity index (χ4n) is 9.07. The second-order valence-corrected chi connectivity index (χ2v) is 16.9. The summed E-state index contributed by atoms with van der Waals surface area (Å²) in [6, 6.07) is 11.4. The number of aryl methyl sites for hydroxylation is 1. The highest BCUT2D eigenvalue weighted by atomic mass is 35.5. The molecule has 2 aromatic carbocycles. The average molecular weight is 703 g/mol.